The molecule has 2 heterocycles. The van der Waals surface area contributed by atoms with Crippen LogP contribution in [0.25, 0.3) is 10.6 Å². The van der Waals surface area contributed by atoms with E-state index in [2.05, 4.69) is 9.82 Å². The molecule has 2 aromatic heterocycles. The van der Waals surface area contributed by atoms with Gasteiger partial charge in [-0.25, -0.2) is 8.42 Å². The van der Waals surface area contributed by atoms with Crippen molar-refractivity contribution in [1.29, 1.82) is 0 Å². The quantitative estimate of drug-likeness (QED) is 0.649. The highest BCUT2D eigenvalue weighted by Crippen LogP contribution is 2.35. The number of benzene rings is 1. The van der Waals surface area contributed by atoms with Crippen LogP contribution in [0.3, 0.4) is 0 Å². The Kier molecular flexibility index (Phi) is 4.93. The van der Waals surface area contributed by atoms with Gasteiger partial charge in [-0.15, -0.1) is 11.3 Å². The van der Waals surface area contributed by atoms with Gasteiger partial charge in [0.2, 0.25) is 5.91 Å². The number of hydrogen-bond donors (Lipinski definition) is 2. The highest BCUT2D eigenvalue weighted by molar-refractivity contribution is 7.94. The summed E-state index contributed by atoms with van der Waals surface area (Å²) >= 11 is 0.791. The molecule has 1 amide bonds. The number of amides is 1. The summed E-state index contributed by atoms with van der Waals surface area (Å²) in [6.45, 7) is 0. The first kappa shape index (κ1) is 19.9. The Bertz CT molecular complexity index is 1150. The molecule has 3 N–H and O–H groups in total. The number of carbonyl (C=O) groups is 1. The number of halogens is 3. The van der Waals surface area contributed by atoms with E-state index in [-0.39, 0.29) is 21.2 Å². The fourth-order valence-electron chi connectivity index (χ4n) is 2.38. The van der Waals surface area contributed by atoms with Gasteiger partial charge in [0.15, 0.2) is 5.69 Å². The molecule has 0 bridgehead atoms. The van der Waals surface area contributed by atoms with Crippen LogP contribution in [-0.2, 0) is 23.2 Å². The van der Waals surface area contributed by atoms with Gasteiger partial charge in [0.25, 0.3) is 10.0 Å². The van der Waals surface area contributed by atoms with Crippen LogP contribution >= 0.6 is 11.3 Å². The van der Waals surface area contributed by atoms with E-state index in [4.69, 9.17) is 5.73 Å². The van der Waals surface area contributed by atoms with Crippen LogP contribution in [0.15, 0.2) is 46.7 Å². The molecular weight excluding hydrogens is 417 g/mol. The number of thiophene rings is 1. The minimum atomic E-state index is -4.60. The van der Waals surface area contributed by atoms with Crippen molar-refractivity contribution in [2.45, 2.75) is 10.4 Å². The van der Waals surface area contributed by atoms with Crippen LogP contribution in [0.4, 0.5) is 18.9 Å². The summed E-state index contributed by atoms with van der Waals surface area (Å²) in [6.07, 6.45) is -4.60. The van der Waals surface area contributed by atoms with Crippen molar-refractivity contribution in [2.24, 2.45) is 12.8 Å². The van der Waals surface area contributed by atoms with Gasteiger partial charge >= 0.3 is 6.18 Å². The molecule has 0 unspecified atom stereocenters. The lowest BCUT2D eigenvalue weighted by Gasteiger charge is -2.07. The molecule has 0 saturated carbocycles. The predicted molar refractivity (Wildman–Crippen MR) is 97.3 cm³/mol. The average molecular weight is 430 g/mol. The number of rotatable bonds is 5. The molecule has 0 spiro atoms. The van der Waals surface area contributed by atoms with E-state index in [1.165, 1.54) is 43.4 Å². The first-order valence-corrected chi connectivity index (χ1v) is 9.91. The zero-order valence-electron chi connectivity index (χ0n) is 14.2. The third kappa shape index (κ3) is 4.02. The summed E-state index contributed by atoms with van der Waals surface area (Å²) < 4.78 is 66.8. The van der Waals surface area contributed by atoms with Crippen LogP contribution in [-0.4, -0.2) is 24.1 Å². The van der Waals surface area contributed by atoms with Crippen LogP contribution in [0.1, 0.15) is 16.1 Å². The maximum Gasteiger partial charge on any atom is 0.435 e. The molecule has 1 aromatic carbocycles. The summed E-state index contributed by atoms with van der Waals surface area (Å²) in [5.41, 5.74) is 4.49. The normalized spacial score (nSPS) is 12.1. The largest absolute Gasteiger partial charge is 0.435 e. The maximum atomic E-state index is 12.8. The summed E-state index contributed by atoms with van der Waals surface area (Å²) in [7, 11) is -2.67. The second-order valence-electron chi connectivity index (χ2n) is 5.71. The number of nitrogens with zero attached hydrogens (tertiary/aromatic N) is 2. The Hall–Kier alpha value is -2.86. The van der Waals surface area contributed by atoms with Crippen molar-refractivity contribution >= 4 is 33.0 Å². The summed E-state index contributed by atoms with van der Waals surface area (Å²) in [5, 5.41) is 3.41. The van der Waals surface area contributed by atoms with Crippen molar-refractivity contribution in [2.75, 3.05) is 4.72 Å². The molecular formula is C16H13F3N4O3S2. The molecule has 0 aliphatic carbocycles. The number of aryl methyl sites for hydroxylation is 1. The lowest BCUT2D eigenvalue weighted by atomic mass is 10.2. The molecule has 7 nitrogen and oxygen atoms in total. The molecule has 28 heavy (non-hydrogen) atoms. The zero-order valence-corrected chi connectivity index (χ0v) is 15.8. The fraction of sp³-hybridized carbons (Fsp3) is 0.125. The molecule has 0 atom stereocenters. The van der Waals surface area contributed by atoms with Gasteiger partial charge in [0.1, 0.15) is 4.21 Å². The lowest BCUT2D eigenvalue weighted by Crippen LogP contribution is -2.14. The van der Waals surface area contributed by atoms with Gasteiger partial charge in [-0.1, -0.05) is 6.07 Å². The number of hydrogen-bond acceptors (Lipinski definition) is 5. The molecule has 0 radical (unpaired) electrons. The molecule has 3 aromatic rings. The van der Waals surface area contributed by atoms with Crippen molar-refractivity contribution in [3.05, 3.63) is 53.7 Å². The number of carbonyl (C=O) groups excluding carboxylic acids is 1. The van der Waals surface area contributed by atoms with Crippen LogP contribution in [0.5, 0.6) is 0 Å². The van der Waals surface area contributed by atoms with Gasteiger partial charge in [0, 0.05) is 18.3 Å². The second-order valence-corrected chi connectivity index (χ2v) is 8.70. The van der Waals surface area contributed by atoms with E-state index >= 15 is 0 Å². The van der Waals surface area contributed by atoms with Gasteiger partial charge in [0.05, 0.1) is 10.6 Å². The van der Waals surface area contributed by atoms with Gasteiger partial charge in [-0.3, -0.25) is 14.2 Å². The maximum absolute atomic E-state index is 12.8. The third-order valence-electron chi connectivity index (χ3n) is 3.67. The second kappa shape index (κ2) is 6.95. The highest BCUT2D eigenvalue weighted by Gasteiger charge is 2.35. The van der Waals surface area contributed by atoms with E-state index < -0.39 is 27.8 Å². The topological polar surface area (TPSA) is 107 Å². The first-order valence-electron chi connectivity index (χ1n) is 7.61. The Balaban J connectivity index is 1.90. The molecule has 12 heteroatoms. The van der Waals surface area contributed by atoms with Crippen molar-refractivity contribution in [3.63, 3.8) is 0 Å². The van der Waals surface area contributed by atoms with Gasteiger partial charge < -0.3 is 5.73 Å². The van der Waals surface area contributed by atoms with E-state index in [0.29, 0.717) is 4.88 Å². The zero-order chi connectivity index (χ0) is 20.7. The number of nitrogens with one attached hydrogen (secondary N) is 1. The smallest absolute Gasteiger partial charge is 0.366 e. The van der Waals surface area contributed by atoms with Gasteiger partial charge in [-0.2, -0.15) is 18.3 Å². The lowest BCUT2D eigenvalue weighted by molar-refractivity contribution is -0.141. The van der Waals surface area contributed by atoms with Crippen molar-refractivity contribution in [3.8, 4) is 10.6 Å². The molecule has 0 aliphatic rings. The standard InChI is InChI=1S/C16H13F3N4O3S2/c1-23-11(8-13(21-23)16(17,18)19)12-5-6-14(27-12)28(25,26)22-10-4-2-3-9(7-10)15(20)24/h2-8,22H,1H3,(H2,20,24). The number of alkyl halides is 3. The first-order chi connectivity index (χ1) is 13.0. The minimum Gasteiger partial charge on any atom is -0.366 e. The van der Waals surface area contributed by atoms with Gasteiger partial charge in [-0.05, 0) is 36.4 Å². The number of primary amides is 1. The van der Waals surface area contributed by atoms with E-state index in [1.807, 2.05) is 0 Å². The average Bonchev–Trinajstić information content (AvgIpc) is 3.21. The number of anilines is 1. The Morgan fingerprint density at radius 2 is 1.93 bits per heavy atom. The van der Waals surface area contributed by atoms with Crippen molar-refractivity contribution < 1.29 is 26.4 Å². The molecule has 0 saturated heterocycles. The molecule has 148 valence electrons. The molecule has 0 fully saturated rings. The molecule has 0 aliphatic heterocycles. The number of aromatic nitrogens is 2. The van der Waals surface area contributed by atoms with Crippen LogP contribution in [0.2, 0.25) is 0 Å². The highest BCUT2D eigenvalue weighted by atomic mass is 32.2. The van der Waals surface area contributed by atoms with Crippen LogP contribution in [0, 0.1) is 0 Å². The number of sulfonamides is 1. The minimum absolute atomic E-state index is 0.110. The SMILES string of the molecule is Cn1nc(C(F)(F)F)cc1-c1ccc(S(=O)(=O)Nc2cccc(C(N)=O)c2)s1. The third-order valence-corrected chi connectivity index (χ3v) is 6.65. The van der Waals surface area contributed by atoms with Crippen LogP contribution < -0.4 is 10.5 Å². The van der Waals surface area contributed by atoms with E-state index in [1.54, 1.807) is 0 Å². The number of nitrogens with two attached hydrogens (primary N) is 1. The molecule has 3 rings (SSSR count). The fourth-order valence-corrected chi connectivity index (χ4v) is 4.78. The Labute approximate surface area is 161 Å². The Morgan fingerprint density at radius 1 is 1.21 bits per heavy atom. The van der Waals surface area contributed by atoms with E-state index in [0.717, 1.165) is 22.1 Å². The summed E-state index contributed by atoms with van der Waals surface area (Å²) in [6, 6.07) is 9.15. The summed E-state index contributed by atoms with van der Waals surface area (Å²) in [4.78, 5) is 11.5. The monoisotopic (exact) mass is 430 g/mol. The summed E-state index contributed by atoms with van der Waals surface area (Å²) in [5.74, 6) is -0.712. The Morgan fingerprint density at radius 3 is 2.54 bits per heavy atom. The predicted octanol–water partition coefficient (Wildman–Crippen LogP) is 3.07. The van der Waals surface area contributed by atoms with E-state index in [9.17, 15) is 26.4 Å². The van der Waals surface area contributed by atoms with Crippen molar-refractivity contribution in [1.82, 2.24) is 9.78 Å².